The Morgan fingerprint density at radius 3 is 2.58 bits per heavy atom. The molecule has 48 heavy (non-hydrogen) atoms. The smallest absolute Gasteiger partial charge is 0.372 e. The molecule has 0 aliphatic heterocycles. The second kappa shape index (κ2) is 16.5. The van der Waals surface area contributed by atoms with Crippen LogP contribution < -0.4 is 20.8 Å². The summed E-state index contributed by atoms with van der Waals surface area (Å²) in [4.78, 5) is 38.5. The van der Waals surface area contributed by atoms with Crippen molar-refractivity contribution < 1.29 is 34.1 Å². The summed E-state index contributed by atoms with van der Waals surface area (Å²) in [6, 6.07) is 8.90. The van der Waals surface area contributed by atoms with E-state index < -0.39 is 29.2 Å². The molecule has 1 heterocycles. The Morgan fingerprint density at radius 2 is 1.90 bits per heavy atom. The average Bonchev–Trinajstić information content (AvgIpc) is 3.03. The van der Waals surface area contributed by atoms with Gasteiger partial charge in [0.1, 0.15) is 16.9 Å². The van der Waals surface area contributed by atoms with Crippen LogP contribution in [0.4, 0.5) is 0 Å². The predicted octanol–water partition coefficient (Wildman–Crippen LogP) is 6.33. The van der Waals surface area contributed by atoms with Crippen molar-refractivity contribution in [2.45, 2.75) is 78.2 Å². The van der Waals surface area contributed by atoms with Gasteiger partial charge in [-0.25, -0.2) is 4.79 Å². The van der Waals surface area contributed by atoms with Crippen molar-refractivity contribution in [1.82, 2.24) is 0 Å². The molecule has 0 amide bonds. The van der Waals surface area contributed by atoms with E-state index in [2.05, 4.69) is 0 Å². The van der Waals surface area contributed by atoms with Gasteiger partial charge in [-0.1, -0.05) is 79.7 Å². The lowest BCUT2D eigenvalue weighted by Crippen LogP contribution is -2.45. The summed E-state index contributed by atoms with van der Waals surface area (Å²) < 4.78 is 11.7. The van der Waals surface area contributed by atoms with Crippen molar-refractivity contribution in [3.63, 3.8) is 0 Å². The Kier molecular flexibility index (Phi) is 12.4. The van der Waals surface area contributed by atoms with Crippen molar-refractivity contribution in [3.05, 3.63) is 115 Å². The standard InChI is InChI=1S/C39H42O8S/c1-5-12-29-32(19-18-28(25(4)40)36(29)42)46-20-11-9-7-6-8-10-13-31(35(41)27-16-14-23(2)21-24(27)3)34-37(43)30-17-15-26(48)22-33(30)47-38(34)39(44)45/h6,8,10,13-14,16-19,21-22,31,35,41-42H,5,7,9,11-12,15,20H2,1-4H3,(H,44,45)/b8-6-,13-10+/t31-,35-/m0/s1. The number of phenols is 1. The van der Waals surface area contributed by atoms with Gasteiger partial charge in [-0.3, -0.25) is 9.59 Å². The molecule has 3 aromatic rings. The molecule has 0 spiro atoms. The number of carboxylic acids is 1. The predicted molar refractivity (Wildman–Crippen MR) is 191 cm³/mol. The van der Waals surface area contributed by atoms with Gasteiger partial charge >= 0.3 is 5.97 Å². The maximum atomic E-state index is 13.8. The number of aliphatic hydroxyl groups is 1. The Bertz CT molecular complexity index is 1950. The zero-order valence-electron chi connectivity index (χ0n) is 27.7. The van der Waals surface area contributed by atoms with Crippen molar-refractivity contribution in [2.24, 2.45) is 0 Å². The third kappa shape index (κ3) is 8.45. The van der Waals surface area contributed by atoms with Crippen LogP contribution in [0.5, 0.6) is 11.5 Å². The Hall–Kier alpha value is -4.60. The summed E-state index contributed by atoms with van der Waals surface area (Å²) in [7, 11) is 0. The van der Waals surface area contributed by atoms with E-state index in [0.29, 0.717) is 46.8 Å². The Morgan fingerprint density at radius 1 is 1.12 bits per heavy atom. The molecule has 4 rings (SSSR count). The van der Waals surface area contributed by atoms with E-state index in [0.717, 1.165) is 36.8 Å². The van der Waals surface area contributed by atoms with Gasteiger partial charge in [-0.15, -0.1) is 0 Å². The number of aliphatic hydroxyl groups excluding tert-OH is 1. The third-order valence-corrected chi connectivity index (χ3v) is 8.61. The number of benzene rings is 2. The number of rotatable bonds is 15. The highest BCUT2D eigenvalue weighted by Gasteiger charge is 2.31. The maximum Gasteiger partial charge on any atom is 0.372 e. The van der Waals surface area contributed by atoms with E-state index in [-0.39, 0.29) is 27.7 Å². The number of phenolic OH excluding ortho intramolecular Hbond substituents is 1. The Balaban J connectivity index is 1.52. The zero-order valence-corrected chi connectivity index (χ0v) is 28.6. The normalized spacial score (nSPS) is 14.0. The molecule has 0 fully saturated rings. The van der Waals surface area contributed by atoms with E-state index in [9.17, 15) is 29.7 Å². The molecular formula is C39H42O8S. The molecule has 8 nitrogen and oxygen atoms in total. The lowest BCUT2D eigenvalue weighted by atomic mass is 9.85. The number of hydrogen-bond donors (Lipinski definition) is 3. The van der Waals surface area contributed by atoms with E-state index >= 15 is 0 Å². The summed E-state index contributed by atoms with van der Waals surface area (Å²) in [5.74, 6) is -2.58. The van der Waals surface area contributed by atoms with Gasteiger partial charge < -0.3 is 24.5 Å². The van der Waals surface area contributed by atoms with Crippen LogP contribution in [-0.2, 0) is 6.42 Å². The summed E-state index contributed by atoms with van der Waals surface area (Å²) in [6.45, 7) is 7.66. The van der Waals surface area contributed by atoms with E-state index in [1.165, 1.54) is 13.0 Å². The number of allylic oxidation sites excluding steroid dienone is 3. The van der Waals surface area contributed by atoms with Crippen LogP contribution in [0.25, 0.3) is 12.2 Å². The molecule has 0 radical (unpaired) electrons. The first-order valence-corrected chi connectivity index (χ1v) is 16.6. The topological polar surface area (TPSA) is 134 Å². The van der Waals surface area contributed by atoms with Crippen molar-refractivity contribution >= 4 is 41.0 Å². The first kappa shape index (κ1) is 36.2. The molecular weight excluding hydrogens is 628 g/mol. The molecule has 0 bridgehead atoms. The summed E-state index contributed by atoms with van der Waals surface area (Å²) in [6.07, 6.45) is 13.1. The van der Waals surface area contributed by atoms with E-state index in [4.69, 9.17) is 21.4 Å². The van der Waals surface area contributed by atoms with E-state index in [1.54, 1.807) is 42.5 Å². The SMILES string of the molecule is CCCc1c(OCCCC/C=C\C=C\[C@@H](c2c(C(=O)O)oc3c(c2=O)=CCC(=S)C=3)[C@@H](O)c2ccc(C)cc2C)ccc(C(C)=O)c1O. The van der Waals surface area contributed by atoms with Crippen LogP contribution in [0, 0.1) is 13.8 Å². The van der Waals surface area contributed by atoms with Gasteiger partial charge in [0.25, 0.3) is 0 Å². The number of hydrogen-bond acceptors (Lipinski definition) is 8. The highest BCUT2D eigenvalue weighted by molar-refractivity contribution is 7.81. The number of thiocarbonyl (C=S) groups is 1. The van der Waals surface area contributed by atoms with Gasteiger partial charge in [-0.2, -0.15) is 0 Å². The monoisotopic (exact) mass is 670 g/mol. The number of carbonyl (C=O) groups is 2. The lowest BCUT2D eigenvalue weighted by Gasteiger charge is -2.23. The minimum atomic E-state index is -1.41. The number of aryl methyl sites for hydroxylation is 2. The number of ether oxygens (including phenoxy) is 1. The number of fused-ring (bicyclic) bond motifs is 1. The fourth-order valence-electron chi connectivity index (χ4n) is 5.89. The molecule has 9 heteroatoms. The molecule has 0 saturated carbocycles. The quantitative estimate of drug-likeness (QED) is 0.0734. The number of carboxylic acid groups (broad SMARTS) is 1. The molecule has 3 N–H and O–H groups in total. The average molecular weight is 671 g/mol. The van der Waals surface area contributed by atoms with Crippen LogP contribution in [0.1, 0.15) is 107 Å². The minimum Gasteiger partial charge on any atom is -0.507 e. The second-order valence-electron chi connectivity index (χ2n) is 12.0. The number of aromatic carboxylic acids is 1. The summed E-state index contributed by atoms with van der Waals surface area (Å²) >= 11 is 5.24. The third-order valence-electron chi connectivity index (χ3n) is 8.33. The largest absolute Gasteiger partial charge is 0.507 e. The van der Waals surface area contributed by atoms with Crippen LogP contribution in [-0.4, -0.2) is 38.5 Å². The van der Waals surface area contributed by atoms with Gasteiger partial charge in [0, 0.05) is 22.8 Å². The molecule has 1 aliphatic rings. The van der Waals surface area contributed by atoms with Crippen molar-refractivity contribution in [2.75, 3.05) is 6.61 Å². The van der Waals surface area contributed by atoms with Crippen LogP contribution in [0.2, 0.25) is 0 Å². The second-order valence-corrected chi connectivity index (χ2v) is 12.5. The van der Waals surface area contributed by atoms with Gasteiger partial charge in [0.05, 0.1) is 29.1 Å². The van der Waals surface area contributed by atoms with E-state index in [1.807, 2.05) is 39.0 Å². The number of Topliss-reactive ketones (excluding diaryl/α,β-unsaturated/α-hetero) is 1. The fourth-order valence-corrected chi connectivity index (χ4v) is 6.08. The van der Waals surface area contributed by atoms with Gasteiger partial charge in [0.15, 0.2) is 11.2 Å². The zero-order chi connectivity index (χ0) is 35.0. The van der Waals surface area contributed by atoms with Gasteiger partial charge in [0.2, 0.25) is 5.76 Å². The molecule has 252 valence electrons. The van der Waals surface area contributed by atoms with Crippen molar-refractivity contribution in [1.29, 1.82) is 0 Å². The number of unbranched alkanes of at least 4 members (excludes halogenated alkanes) is 2. The number of carbonyl (C=O) groups excluding carboxylic acids is 1. The lowest BCUT2D eigenvalue weighted by molar-refractivity contribution is 0.0650. The highest BCUT2D eigenvalue weighted by atomic mass is 32.1. The van der Waals surface area contributed by atoms with Gasteiger partial charge in [-0.05, 0) is 75.8 Å². The molecule has 0 unspecified atom stereocenters. The minimum absolute atomic E-state index is 0.0123. The summed E-state index contributed by atoms with van der Waals surface area (Å²) in [5.41, 5.74) is 2.81. The first-order valence-electron chi connectivity index (χ1n) is 16.2. The molecule has 0 saturated heterocycles. The molecule has 2 aromatic carbocycles. The highest BCUT2D eigenvalue weighted by Crippen LogP contribution is 2.35. The molecule has 1 aliphatic carbocycles. The van der Waals surface area contributed by atoms with Crippen LogP contribution in [0.3, 0.4) is 0 Å². The molecule has 1 aromatic heterocycles. The van der Waals surface area contributed by atoms with Crippen molar-refractivity contribution in [3.8, 4) is 11.5 Å². The maximum absolute atomic E-state index is 13.8. The number of ketones is 1. The molecule has 2 atom stereocenters. The first-order chi connectivity index (χ1) is 22.9. The van der Waals surface area contributed by atoms with Crippen LogP contribution in [0.15, 0.2) is 63.8 Å². The fraction of sp³-hybridized carbons (Fsp3) is 0.333. The van der Waals surface area contributed by atoms with Crippen LogP contribution >= 0.6 is 12.2 Å². The summed E-state index contributed by atoms with van der Waals surface area (Å²) in [5, 5.41) is 32.5. The number of aromatic hydroxyl groups is 1. The Labute approximate surface area is 285 Å².